The summed E-state index contributed by atoms with van der Waals surface area (Å²) in [5.41, 5.74) is 20.4. The molecule has 0 fully saturated rings. The number of benzene rings is 8. The summed E-state index contributed by atoms with van der Waals surface area (Å²) >= 11 is 1.87. The summed E-state index contributed by atoms with van der Waals surface area (Å²) in [6.45, 7) is 18.1. The van der Waals surface area contributed by atoms with Crippen LogP contribution >= 0.6 is 11.3 Å². The van der Waals surface area contributed by atoms with E-state index in [0.29, 0.717) is 0 Å². The van der Waals surface area contributed by atoms with E-state index in [1.807, 2.05) is 11.3 Å². The SMILES string of the molecule is C=CC1=C(/C=C\C)c2cccc(-c3ccc4cc(N(c5ccccc5)c5ccc6c(c5)C(C)(C)c5ccccc5-6)ccc4c3)c2C12C(C=C)=C(/C=C\C)c1c2ccc2sc3ccccc3c12. The molecule has 1 atom stereocenters. The average Bonchev–Trinajstić information content (AvgIpc) is 4.03. The van der Waals surface area contributed by atoms with E-state index in [-0.39, 0.29) is 5.41 Å². The predicted molar refractivity (Wildman–Crippen MR) is 286 cm³/mol. The van der Waals surface area contributed by atoms with Crippen molar-refractivity contribution in [3.8, 4) is 22.3 Å². The van der Waals surface area contributed by atoms with Gasteiger partial charge >= 0.3 is 0 Å². The third-order valence-corrected chi connectivity index (χ3v) is 15.8. The van der Waals surface area contributed by atoms with Crippen LogP contribution in [-0.2, 0) is 10.8 Å². The summed E-state index contributed by atoms with van der Waals surface area (Å²) in [7, 11) is 0. The number of hydrogen-bond donors (Lipinski definition) is 0. The van der Waals surface area contributed by atoms with E-state index in [0.717, 1.165) is 17.1 Å². The molecule has 1 nitrogen and oxygen atoms in total. The van der Waals surface area contributed by atoms with Crippen molar-refractivity contribution in [2.24, 2.45) is 0 Å². The van der Waals surface area contributed by atoms with E-state index in [1.54, 1.807) is 0 Å². The number of para-hydroxylation sites is 1. The first-order chi connectivity index (χ1) is 32.3. The second kappa shape index (κ2) is 15.0. The van der Waals surface area contributed by atoms with Crippen molar-refractivity contribution in [2.45, 2.75) is 38.5 Å². The highest BCUT2D eigenvalue weighted by Crippen LogP contribution is 2.65. The molecule has 9 aromatic rings. The number of nitrogens with zero attached hydrogens (tertiary/aromatic N) is 1. The van der Waals surface area contributed by atoms with Crippen molar-refractivity contribution in [3.05, 3.63) is 258 Å². The van der Waals surface area contributed by atoms with Gasteiger partial charge in [0.1, 0.15) is 0 Å². The Balaban J connectivity index is 1.04. The summed E-state index contributed by atoms with van der Waals surface area (Å²) in [4.78, 5) is 2.41. The molecule has 12 rings (SSSR count). The van der Waals surface area contributed by atoms with Crippen molar-refractivity contribution in [3.63, 3.8) is 0 Å². The van der Waals surface area contributed by atoms with Crippen LogP contribution in [0.2, 0.25) is 0 Å². The van der Waals surface area contributed by atoms with Crippen molar-refractivity contribution in [1.29, 1.82) is 0 Å². The molecule has 1 unspecified atom stereocenters. The molecule has 0 bridgehead atoms. The zero-order valence-corrected chi connectivity index (χ0v) is 38.6. The van der Waals surface area contributed by atoms with Crippen LogP contribution in [0.3, 0.4) is 0 Å². The Labute approximate surface area is 392 Å². The van der Waals surface area contributed by atoms with Gasteiger partial charge in [-0.1, -0.05) is 173 Å². The second-order valence-corrected chi connectivity index (χ2v) is 19.4. The van der Waals surface area contributed by atoms with Crippen LogP contribution in [0.15, 0.2) is 225 Å². The normalized spacial score (nSPS) is 16.8. The molecule has 0 aliphatic heterocycles. The molecular weight excluding hydrogens is 815 g/mol. The van der Waals surface area contributed by atoms with E-state index >= 15 is 0 Å². The highest BCUT2D eigenvalue weighted by Gasteiger charge is 2.53. The monoisotopic (exact) mass is 863 g/mol. The minimum absolute atomic E-state index is 0.0998. The first-order valence-corrected chi connectivity index (χ1v) is 23.9. The lowest BCUT2D eigenvalue weighted by Gasteiger charge is -2.34. The van der Waals surface area contributed by atoms with E-state index < -0.39 is 5.41 Å². The molecule has 316 valence electrons. The first kappa shape index (κ1) is 40.0. The molecule has 3 aliphatic carbocycles. The van der Waals surface area contributed by atoms with Gasteiger partial charge in [0.25, 0.3) is 0 Å². The van der Waals surface area contributed by atoms with E-state index in [9.17, 15) is 0 Å². The third kappa shape index (κ3) is 5.46. The van der Waals surface area contributed by atoms with Crippen LogP contribution in [0.25, 0.3) is 64.3 Å². The van der Waals surface area contributed by atoms with Crippen molar-refractivity contribution >= 4 is 70.5 Å². The molecule has 3 aliphatic rings. The molecule has 0 radical (unpaired) electrons. The van der Waals surface area contributed by atoms with Gasteiger partial charge in [0.15, 0.2) is 0 Å². The van der Waals surface area contributed by atoms with Gasteiger partial charge in [0, 0.05) is 42.6 Å². The van der Waals surface area contributed by atoms with E-state index in [4.69, 9.17) is 0 Å². The van der Waals surface area contributed by atoms with Crippen LogP contribution in [0, 0.1) is 0 Å². The lowest BCUT2D eigenvalue weighted by atomic mass is 9.66. The molecule has 2 heteroatoms. The van der Waals surface area contributed by atoms with Gasteiger partial charge in [-0.25, -0.2) is 0 Å². The summed E-state index contributed by atoms with van der Waals surface area (Å²) < 4.78 is 2.60. The average molecular weight is 864 g/mol. The van der Waals surface area contributed by atoms with Crippen LogP contribution in [0.1, 0.15) is 61.1 Å². The molecule has 0 amide bonds. The minimum Gasteiger partial charge on any atom is -0.310 e. The molecule has 0 saturated heterocycles. The standard InChI is InChI=1S/C64H49NS/c1-7-19-47-50-26-18-25-46(62(50)64(53(47)9-3)54(10-4)51(20-8-2)60-56(64)35-36-59-61(60)52-24-15-17-28-58(52)66-59)42-30-29-41-38-44(32-31-40(41)37-42)65(43-21-12-11-13-22-43)45-33-34-49-48-23-14-16-27-55(48)63(5,6)57(49)39-45/h7-39H,3-4H2,1-2,5-6H3/b19-7-,20-8-. The summed E-state index contributed by atoms with van der Waals surface area (Å²) in [6, 6.07) is 61.1. The first-order valence-electron chi connectivity index (χ1n) is 23.1. The Morgan fingerprint density at radius 1 is 0.500 bits per heavy atom. The van der Waals surface area contributed by atoms with Crippen LogP contribution < -0.4 is 4.90 Å². The minimum atomic E-state index is -0.632. The Kier molecular flexibility index (Phi) is 9.11. The smallest absolute Gasteiger partial charge is 0.0731 e. The Bertz CT molecular complexity index is 3680. The number of allylic oxidation sites excluding steroid dienone is 10. The summed E-state index contributed by atoms with van der Waals surface area (Å²) in [6.07, 6.45) is 13.2. The lowest BCUT2D eigenvalue weighted by Crippen LogP contribution is -2.28. The second-order valence-electron chi connectivity index (χ2n) is 18.3. The van der Waals surface area contributed by atoms with Gasteiger partial charge in [0.05, 0.1) is 5.41 Å². The largest absolute Gasteiger partial charge is 0.310 e. The molecular formula is C64H49NS. The molecule has 1 heterocycles. The topological polar surface area (TPSA) is 3.24 Å². The van der Waals surface area contributed by atoms with Crippen molar-refractivity contribution in [1.82, 2.24) is 0 Å². The zero-order chi connectivity index (χ0) is 44.9. The maximum absolute atomic E-state index is 4.59. The van der Waals surface area contributed by atoms with Crippen molar-refractivity contribution < 1.29 is 0 Å². The van der Waals surface area contributed by atoms with Gasteiger partial charge in [-0.05, 0) is 157 Å². The van der Waals surface area contributed by atoms with Gasteiger partial charge in [-0.15, -0.1) is 11.3 Å². The molecule has 66 heavy (non-hydrogen) atoms. The van der Waals surface area contributed by atoms with Gasteiger partial charge < -0.3 is 4.90 Å². The highest BCUT2D eigenvalue weighted by molar-refractivity contribution is 7.25. The third-order valence-electron chi connectivity index (χ3n) is 14.6. The molecule has 0 N–H and O–H groups in total. The van der Waals surface area contributed by atoms with Crippen LogP contribution in [0.4, 0.5) is 17.1 Å². The van der Waals surface area contributed by atoms with Crippen LogP contribution in [-0.4, -0.2) is 0 Å². The Morgan fingerprint density at radius 2 is 1.15 bits per heavy atom. The molecule has 1 aromatic heterocycles. The maximum atomic E-state index is 4.59. The van der Waals surface area contributed by atoms with E-state index in [1.165, 1.54) is 109 Å². The van der Waals surface area contributed by atoms with Gasteiger partial charge in [-0.3, -0.25) is 0 Å². The number of hydrogen-bond acceptors (Lipinski definition) is 2. The van der Waals surface area contributed by atoms with Gasteiger partial charge in [0.2, 0.25) is 0 Å². The van der Waals surface area contributed by atoms with Gasteiger partial charge in [-0.2, -0.15) is 0 Å². The predicted octanol–water partition coefficient (Wildman–Crippen LogP) is 18.0. The number of fused-ring (bicyclic) bond motifs is 12. The Morgan fingerprint density at radius 3 is 1.97 bits per heavy atom. The fourth-order valence-corrected chi connectivity index (χ4v) is 13.1. The summed E-state index contributed by atoms with van der Waals surface area (Å²) in [5.74, 6) is 0. The number of rotatable bonds is 8. The molecule has 8 aromatic carbocycles. The maximum Gasteiger partial charge on any atom is 0.0731 e. The molecule has 1 spiro atoms. The zero-order valence-electron chi connectivity index (χ0n) is 37.8. The fraction of sp³-hybridized carbons (Fsp3) is 0.0938. The van der Waals surface area contributed by atoms with Crippen molar-refractivity contribution in [2.75, 3.05) is 4.90 Å². The Hall–Kier alpha value is -7.52. The summed E-state index contributed by atoms with van der Waals surface area (Å²) in [5, 5.41) is 5.00. The number of thiophene rings is 1. The molecule has 0 saturated carbocycles. The lowest BCUT2D eigenvalue weighted by molar-refractivity contribution is 0.660. The highest BCUT2D eigenvalue weighted by atomic mass is 32.1. The fourth-order valence-electron chi connectivity index (χ4n) is 12.0. The van der Waals surface area contributed by atoms with Crippen LogP contribution in [0.5, 0.6) is 0 Å². The quantitative estimate of drug-likeness (QED) is 0.147. The number of anilines is 3. The van der Waals surface area contributed by atoms with E-state index in [2.05, 4.69) is 246 Å².